The van der Waals surface area contributed by atoms with E-state index in [1.807, 2.05) is 20.8 Å². The fourth-order valence-corrected chi connectivity index (χ4v) is 1.84. The zero-order valence-electron chi connectivity index (χ0n) is 11.8. The molecule has 1 rings (SSSR count). The summed E-state index contributed by atoms with van der Waals surface area (Å²) in [6.07, 6.45) is 2.65. The van der Waals surface area contributed by atoms with Crippen LogP contribution in [-0.2, 0) is 4.79 Å². The maximum absolute atomic E-state index is 11.6. The Labute approximate surface area is 105 Å². The van der Waals surface area contributed by atoms with Gasteiger partial charge in [0.15, 0.2) is 0 Å². The van der Waals surface area contributed by atoms with Crippen molar-refractivity contribution in [1.82, 2.24) is 15.5 Å². The second kappa shape index (κ2) is 5.83. The Bertz CT molecular complexity index is 256. The summed E-state index contributed by atoms with van der Waals surface area (Å²) in [6.45, 7) is 9.45. The molecule has 0 aromatic heterocycles. The predicted octanol–water partition coefficient (Wildman–Crippen LogP) is 0.973. The molecule has 100 valence electrons. The van der Waals surface area contributed by atoms with Crippen LogP contribution in [0.2, 0.25) is 0 Å². The number of nitrogens with one attached hydrogen (secondary N) is 2. The van der Waals surface area contributed by atoms with Crippen molar-refractivity contribution >= 4 is 5.91 Å². The zero-order chi connectivity index (χ0) is 13.1. The molecule has 0 saturated heterocycles. The summed E-state index contributed by atoms with van der Waals surface area (Å²) in [5.41, 5.74) is -0.144. The van der Waals surface area contributed by atoms with E-state index in [2.05, 4.69) is 29.5 Å². The topological polar surface area (TPSA) is 44.4 Å². The van der Waals surface area contributed by atoms with Crippen molar-refractivity contribution in [3.63, 3.8) is 0 Å². The summed E-state index contributed by atoms with van der Waals surface area (Å²) in [5.74, 6) is 0.0683. The first-order chi connectivity index (χ1) is 7.79. The van der Waals surface area contributed by atoms with Crippen molar-refractivity contribution in [2.45, 2.75) is 58.2 Å². The Morgan fingerprint density at radius 1 is 1.41 bits per heavy atom. The fraction of sp³-hybridized carbons (Fsp3) is 0.923. The van der Waals surface area contributed by atoms with E-state index in [1.54, 1.807) is 0 Å². The Morgan fingerprint density at radius 3 is 2.47 bits per heavy atom. The third kappa shape index (κ3) is 6.03. The Balaban J connectivity index is 2.12. The van der Waals surface area contributed by atoms with E-state index in [9.17, 15) is 4.79 Å². The maximum atomic E-state index is 11.6. The van der Waals surface area contributed by atoms with E-state index in [0.29, 0.717) is 12.6 Å². The number of amides is 1. The molecule has 0 radical (unpaired) electrons. The van der Waals surface area contributed by atoms with E-state index >= 15 is 0 Å². The minimum atomic E-state index is -0.144. The molecule has 0 heterocycles. The smallest absolute Gasteiger partial charge is 0.234 e. The highest BCUT2D eigenvalue weighted by atomic mass is 16.2. The maximum Gasteiger partial charge on any atom is 0.234 e. The zero-order valence-corrected chi connectivity index (χ0v) is 11.8. The number of nitrogens with zero attached hydrogens (tertiary/aromatic N) is 1. The summed E-state index contributed by atoms with van der Waals surface area (Å²) in [4.78, 5) is 14.0. The largest absolute Gasteiger partial charge is 0.350 e. The van der Waals surface area contributed by atoms with Gasteiger partial charge in [-0.05, 0) is 47.6 Å². The Kier molecular flexibility index (Phi) is 4.95. The molecule has 4 heteroatoms. The summed E-state index contributed by atoms with van der Waals surface area (Å²) < 4.78 is 0. The van der Waals surface area contributed by atoms with Crippen molar-refractivity contribution in [3.05, 3.63) is 0 Å². The van der Waals surface area contributed by atoms with Gasteiger partial charge >= 0.3 is 0 Å². The third-order valence-corrected chi connectivity index (χ3v) is 3.06. The van der Waals surface area contributed by atoms with Crippen LogP contribution in [-0.4, -0.2) is 48.6 Å². The molecule has 0 aromatic carbocycles. The van der Waals surface area contributed by atoms with Gasteiger partial charge in [0.2, 0.25) is 5.91 Å². The van der Waals surface area contributed by atoms with Gasteiger partial charge in [-0.1, -0.05) is 0 Å². The van der Waals surface area contributed by atoms with E-state index in [1.165, 1.54) is 12.8 Å². The van der Waals surface area contributed by atoms with Gasteiger partial charge in [-0.15, -0.1) is 0 Å². The first-order valence-electron chi connectivity index (χ1n) is 6.53. The van der Waals surface area contributed by atoms with Gasteiger partial charge in [0.05, 0.1) is 6.54 Å². The lowest BCUT2D eigenvalue weighted by Gasteiger charge is -2.25. The fourth-order valence-electron chi connectivity index (χ4n) is 1.84. The normalized spacial score (nSPS) is 18.2. The molecule has 17 heavy (non-hydrogen) atoms. The number of hydrogen-bond acceptors (Lipinski definition) is 3. The molecule has 0 aliphatic heterocycles. The quantitative estimate of drug-likeness (QED) is 0.728. The van der Waals surface area contributed by atoms with E-state index in [-0.39, 0.29) is 11.4 Å². The minimum absolute atomic E-state index is 0.0683. The molecular formula is C13H27N3O. The molecule has 1 atom stereocenters. The number of likely N-dealkylation sites (N-methyl/N-ethyl adjacent to an activating group) is 1. The van der Waals surface area contributed by atoms with Crippen LogP contribution in [0.1, 0.15) is 40.5 Å². The molecule has 0 bridgehead atoms. The average molecular weight is 241 g/mol. The Morgan fingerprint density at radius 2 is 2.00 bits per heavy atom. The van der Waals surface area contributed by atoms with Gasteiger partial charge in [0.25, 0.3) is 0 Å². The predicted molar refractivity (Wildman–Crippen MR) is 71.0 cm³/mol. The molecule has 1 saturated carbocycles. The summed E-state index contributed by atoms with van der Waals surface area (Å²) >= 11 is 0. The van der Waals surface area contributed by atoms with Crippen molar-refractivity contribution in [2.24, 2.45) is 0 Å². The SMILES string of the molecule is CC(CNCC(=O)NC(C)(C)C)N(C)C1CC1. The lowest BCUT2D eigenvalue weighted by Crippen LogP contribution is -2.47. The van der Waals surface area contributed by atoms with E-state index in [0.717, 1.165) is 12.6 Å². The molecule has 1 fully saturated rings. The van der Waals surface area contributed by atoms with Crippen LogP contribution < -0.4 is 10.6 Å². The van der Waals surface area contributed by atoms with E-state index < -0.39 is 0 Å². The van der Waals surface area contributed by atoms with Crippen LogP contribution in [0.5, 0.6) is 0 Å². The average Bonchev–Trinajstić information content (AvgIpc) is 2.96. The molecule has 1 aliphatic carbocycles. The second-order valence-corrected chi connectivity index (χ2v) is 6.17. The molecule has 0 spiro atoms. The van der Waals surface area contributed by atoms with Crippen molar-refractivity contribution < 1.29 is 4.79 Å². The number of carbonyl (C=O) groups excluding carboxylic acids is 1. The van der Waals surface area contributed by atoms with Gasteiger partial charge < -0.3 is 10.6 Å². The summed E-state index contributed by atoms with van der Waals surface area (Å²) in [6, 6.07) is 1.26. The van der Waals surface area contributed by atoms with Crippen LogP contribution in [0.4, 0.5) is 0 Å². The van der Waals surface area contributed by atoms with Gasteiger partial charge in [-0.3, -0.25) is 9.69 Å². The molecular weight excluding hydrogens is 214 g/mol. The van der Waals surface area contributed by atoms with Gasteiger partial charge in [0, 0.05) is 24.2 Å². The highest BCUT2D eigenvalue weighted by Crippen LogP contribution is 2.26. The van der Waals surface area contributed by atoms with Crippen LogP contribution in [0.3, 0.4) is 0 Å². The molecule has 4 nitrogen and oxygen atoms in total. The molecule has 2 N–H and O–H groups in total. The van der Waals surface area contributed by atoms with Crippen molar-refractivity contribution in [1.29, 1.82) is 0 Å². The number of carbonyl (C=O) groups is 1. The number of rotatable bonds is 6. The summed E-state index contributed by atoms with van der Waals surface area (Å²) in [7, 11) is 2.17. The number of hydrogen-bond donors (Lipinski definition) is 2. The van der Waals surface area contributed by atoms with Crippen LogP contribution in [0.15, 0.2) is 0 Å². The standard InChI is InChI=1S/C13H27N3O/c1-10(16(5)11-6-7-11)8-14-9-12(17)15-13(2,3)4/h10-11,14H,6-9H2,1-5H3,(H,15,17). The summed E-state index contributed by atoms with van der Waals surface area (Å²) in [5, 5.41) is 6.16. The monoisotopic (exact) mass is 241 g/mol. The highest BCUT2D eigenvalue weighted by Gasteiger charge is 2.28. The minimum Gasteiger partial charge on any atom is -0.350 e. The van der Waals surface area contributed by atoms with Gasteiger partial charge in [0.1, 0.15) is 0 Å². The van der Waals surface area contributed by atoms with Crippen molar-refractivity contribution in [2.75, 3.05) is 20.1 Å². The van der Waals surface area contributed by atoms with Crippen molar-refractivity contribution in [3.8, 4) is 0 Å². The molecule has 1 aliphatic rings. The first kappa shape index (κ1) is 14.5. The Hall–Kier alpha value is -0.610. The lowest BCUT2D eigenvalue weighted by atomic mass is 10.1. The lowest BCUT2D eigenvalue weighted by molar-refractivity contribution is -0.121. The molecule has 1 amide bonds. The van der Waals surface area contributed by atoms with Crippen LogP contribution in [0.25, 0.3) is 0 Å². The van der Waals surface area contributed by atoms with Crippen LogP contribution >= 0.6 is 0 Å². The first-order valence-corrected chi connectivity index (χ1v) is 6.53. The molecule has 0 aromatic rings. The van der Waals surface area contributed by atoms with Gasteiger partial charge in [-0.25, -0.2) is 0 Å². The van der Waals surface area contributed by atoms with Crippen LogP contribution in [0, 0.1) is 0 Å². The third-order valence-electron chi connectivity index (χ3n) is 3.06. The van der Waals surface area contributed by atoms with Gasteiger partial charge in [-0.2, -0.15) is 0 Å². The molecule has 1 unspecified atom stereocenters. The highest BCUT2D eigenvalue weighted by molar-refractivity contribution is 5.78. The second-order valence-electron chi connectivity index (χ2n) is 6.17. The van der Waals surface area contributed by atoms with E-state index in [4.69, 9.17) is 0 Å².